The van der Waals surface area contributed by atoms with Crippen molar-refractivity contribution in [2.24, 2.45) is 5.41 Å². The summed E-state index contributed by atoms with van der Waals surface area (Å²) in [6.07, 6.45) is 1.39. The molecule has 1 saturated heterocycles. The van der Waals surface area contributed by atoms with Gasteiger partial charge in [-0.15, -0.1) is 0 Å². The Morgan fingerprint density at radius 3 is 2.27 bits per heavy atom. The van der Waals surface area contributed by atoms with Gasteiger partial charge >= 0.3 is 0 Å². The average Bonchev–Trinajstić information content (AvgIpc) is 3.20. The molecule has 0 spiro atoms. The van der Waals surface area contributed by atoms with Gasteiger partial charge in [-0.25, -0.2) is 0 Å². The molecule has 0 radical (unpaired) electrons. The van der Waals surface area contributed by atoms with Crippen LogP contribution in [0.15, 0.2) is 30.3 Å². The van der Waals surface area contributed by atoms with E-state index in [-0.39, 0.29) is 23.8 Å². The highest BCUT2D eigenvalue weighted by molar-refractivity contribution is 5.94. The number of likely N-dealkylation sites (tertiary alicyclic amines) is 1. The van der Waals surface area contributed by atoms with Gasteiger partial charge in [-0.3, -0.25) is 14.4 Å². The fraction of sp³-hybridized carbons (Fsp3) is 0.609. The van der Waals surface area contributed by atoms with Gasteiger partial charge in [0, 0.05) is 6.54 Å². The molecule has 166 valence electrons. The van der Waals surface area contributed by atoms with Gasteiger partial charge in [-0.2, -0.15) is 0 Å². The lowest BCUT2D eigenvalue weighted by atomic mass is 9.85. The van der Waals surface area contributed by atoms with E-state index < -0.39 is 23.5 Å². The normalized spacial score (nSPS) is 19.7. The third kappa shape index (κ3) is 5.81. The van der Waals surface area contributed by atoms with Crippen LogP contribution in [0.25, 0.3) is 0 Å². The second-order valence-corrected chi connectivity index (χ2v) is 9.15. The molecule has 1 aliphatic rings. The first-order chi connectivity index (χ1) is 14.1. The minimum Gasteiger partial charge on any atom is -0.348 e. The molecule has 1 aromatic rings. The Hall–Kier alpha value is -2.41. The van der Waals surface area contributed by atoms with Crippen molar-refractivity contribution < 1.29 is 14.4 Å². The largest absolute Gasteiger partial charge is 0.348 e. The summed E-state index contributed by atoms with van der Waals surface area (Å²) in [4.78, 5) is 40.5. The van der Waals surface area contributed by atoms with Crippen LogP contribution in [-0.4, -0.2) is 54.3 Å². The van der Waals surface area contributed by atoms with Crippen molar-refractivity contribution in [3.05, 3.63) is 35.9 Å². The number of rotatable bonds is 7. The van der Waals surface area contributed by atoms with E-state index in [0.29, 0.717) is 13.0 Å². The minimum absolute atomic E-state index is 0.147. The fourth-order valence-electron chi connectivity index (χ4n) is 3.65. The summed E-state index contributed by atoms with van der Waals surface area (Å²) < 4.78 is 0. The van der Waals surface area contributed by atoms with Crippen molar-refractivity contribution in [3.63, 3.8) is 0 Å². The van der Waals surface area contributed by atoms with Crippen molar-refractivity contribution in [1.29, 1.82) is 0 Å². The van der Waals surface area contributed by atoms with E-state index in [1.165, 1.54) is 0 Å². The van der Waals surface area contributed by atoms with E-state index in [1.807, 2.05) is 58.0 Å². The van der Waals surface area contributed by atoms with Gasteiger partial charge in [0.05, 0.1) is 12.1 Å². The van der Waals surface area contributed by atoms with Crippen molar-refractivity contribution in [1.82, 2.24) is 20.9 Å². The molecule has 30 heavy (non-hydrogen) atoms. The molecular weight excluding hydrogens is 380 g/mol. The Morgan fingerprint density at radius 2 is 1.70 bits per heavy atom. The molecule has 7 heteroatoms. The molecule has 1 unspecified atom stereocenters. The molecule has 0 aliphatic carbocycles. The summed E-state index contributed by atoms with van der Waals surface area (Å²) in [6.45, 7) is 9.95. The highest BCUT2D eigenvalue weighted by Crippen LogP contribution is 2.26. The van der Waals surface area contributed by atoms with Gasteiger partial charge in [-0.05, 0) is 44.7 Å². The second-order valence-electron chi connectivity index (χ2n) is 9.15. The van der Waals surface area contributed by atoms with Crippen molar-refractivity contribution in [2.75, 3.05) is 13.6 Å². The van der Waals surface area contributed by atoms with Gasteiger partial charge in [0.25, 0.3) is 0 Å². The SMILES string of the molecule is CN[C@@H](C)C(=O)N[C@H](C(=O)N1CCCC1C(=O)N[C@H](C)c1ccccc1)C(C)(C)C. The van der Waals surface area contributed by atoms with E-state index in [9.17, 15) is 14.4 Å². The smallest absolute Gasteiger partial charge is 0.246 e. The van der Waals surface area contributed by atoms with Crippen LogP contribution in [0.2, 0.25) is 0 Å². The van der Waals surface area contributed by atoms with Gasteiger partial charge in [0.2, 0.25) is 17.7 Å². The van der Waals surface area contributed by atoms with Gasteiger partial charge in [0.15, 0.2) is 0 Å². The summed E-state index contributed by atoms with van der Waals surface area (Å²) in [5.74, 6) is -0.590. The molecule has 1 aliphatic heterocycles. The number of hydrogen-bond acceptors (Lipinski definition) is 4. The summed E-state index contributed by atoms with van der Waals surface area (Å²) in [6, 6.07) is 7.96. The zero-order valence-electron chi connectivity index (χ0n) is 19.0. The molecule has 0 saturated carbocycles. The summed E-state index contributed by atoms with van der Waals surface area (Å²) in [5.41, 5.74) is 0.531. The second kappa shape index (κ2) is 10.1. The van der Waals surface area contributed by atoms with Gasteiger partial charge in [0.1, 0.15) is 12.1 Å². The topological polar surface area (TPSA) is 90.5 Å². The van der Waals surface area contributed by atoms with E-state index in [0.717, 1.165) is 12.0 Å². The lowest BCUT2D eigenvalue weighted by molar-refractivity contribution is -0.144. The number of carbonyl (C=O) groups excluding carboxylic acids is 3. The highest BCUT2D eigenvalue weighted by Gasteiger charge is 2.42. The van der Waals surface area contributed by atoms with E-state index in [2.05, 4.69) is 16.0 Å². The van der Waals surface area contributed by atoms with Crippen LogP contribution in [0.4, 0.5) is 0 Å². The maximum Gasteiger partial charge on any atom is 0.246 e. The zero-order chi connectivity index (χ0) is 22.5. The average molecular weight is 417 g/mol. The number of nitrogens with zero attached hydrogens (tertiary/aromatic N) is 1. The van der Waals surface area contributed by atoms with Crippen LogP contribution in [0, 0.1) is 5.41 Å². The Kier molecular flexibility index (Phi) is 8.01. The molecule has 1 aromatic carbocycles. The molecular formula is C23H36N4O3. The third-order valence-corrected chi connectivity index (χ3v) is 5.72. The van der Waals surface area contributed by atoms with Crippen LogP contribution in [0.5, 0.6) is 0 Å². The third-order valence-electron chi connectivity index (χ3n) is 5.72. The molecule has 1 fully saturated rings. The van der Waals surface area contributed by atoms with E-state index in [4.69, 9.17) is 0 Å². The molecule has 0 aromatic heterocycles. The number of amides is 3. The monoisotopic (exact) mass is 416 g/mol. The lowest BCUT2D eigenvalue weighted by Gasteiger charge is -2.36. The highest BCUT2D eigenvalue weighted by atomic mass is 16.2. The first-order valence-electron chi connectivity index (χ1n) is 10.7. The number of carbonyl (C=O) groups is 3. The first kappa shape index (κ1) is 23.9. The van der Waals surface area contributed by atoms with Crippen LogP contribution < -0.4 is 16.0 Å². The maximum absolute atomic E-state index is 13.4. The standard InChI is InChI=1S/C23H36N4O3/c1-15(17-11-8-7-9-12-17)25-21(29)18-13-10-14-27(18)22(30)19(23(3,4)5)26-20(28)16(2)24-6/h7-9,11-12,15-16,18-19,24H,10,13-14H2,1-6H3,(H,25,29)(H,26,28)/t15-,16+,18?,19-/m1/s1. The molecule has 7 nitrogen and oxygen atoms in total. The van der Waals surface area contributed by atoms with E-state index >= 15 is 0 Å². The van der Waals surface area contributed by atoms with Gasteiger partial charge in [-0.1, -0.05) is 51.1 Å². The Morgan fingerprint density at radius 1 is 1.07 bits per heavy atom. The quantitative estimate of drug-likeness (QED) is 0.634. The molecule has 1 heterocycles. The van der Waals surface area contributed by atoms with Crippen LogP contribution in [-0.2, 0) is 14.4 Å². The Labute approximate surface area is 180 Å². The van der Waals surface area contributed by atoms with Gasteiger partial charge < -0.3 is 20.9 Å². The Balaban J connectivity index is 2.13. The molecule has 4 atom stereocenters. The summed E-state index contributed by atoms with van der Waals surface area (Å²) in [7, 11) is 1.70. The van der Waals surface area contributed by atoms with Crippen molar-refractivity contribution in [2.45, 2.75) is 71.6 Å². The lowest BCUT2D eigenvalue weighted by Crippen LogP contribution is -2.59. The molecule has 3 amide bonds. The number of nitrogens with one attached hydrogen (secondary N) is 3. The van der Waals surface area contributed by atoms with Crippen LogP contribution in [0.1, 0.15) is 59.1 Å². The minimum atomic E-state index is -0.708. The predicted molar refractivity (Wildman–Crippen MR) is 118 cm³/mol. The number of likely N-dealkylation sites (N-methyl/N-ethyl adjacent to an activating group) is 1. The summed E-state index contributed by atoms with van der Waals surface area (Å²) >= 11 is 0. The van der Waals surface area contributed by atoms with Crippen molar-refractivity contribution in [3.8, 4) is 0 Å². The molecule has 0 bridgehead atoms. The maximum atomic E-state index is 13.4. The van der Waals surface area contributed by atoms with Crippen LogP contribution >= 0.6 is 0 Å². The number of hydrogen-bond donors (Lipinski definition) is 3. The van der Waals surface area contributed by atoms with Crippen molar-refractivity contribution >= 4 is 17.7 Å². The van der Waals surface area contributed by atoms with Crippen LogP contribution in [0.3, 0.4) is 0 Å². The number of benzene rings is 1. The zero-order valence-corrected chi connectivity index (χ0v) is 19.0. The Bertz CT molecular complexity index is 745. The van der Waals surface area contributed by atoms with E-state index in [1.54, 1.807) is 18.9 Å². The molecule has 2 rings (SSSR count). The molecule has 3 N–H and O–H groups in total. The first-order valence-corrected chi connectivity index (χ1v) is 10.7. The fourth-order valence-corrected chi connectivity index (χ4v) is 3.65. The predicted octanol–water partition coefficient (Wildman–Crippen LogP) is 1.99. The summed E-state index contributed by atoms with van der Waals surface area (Å²) in [5, 5.41) is 8.82.